The van der Waals surface area contributed by atoms with Crippen molar-refractivity contribution in [1.82, 2.24) is 19.5 Å². The van der Waals surface area contributed by atoms with Gasteiger partial charge in [-0.3, -0.25) is 4.57 Å². The van der Waals surface area contributed by atoms with Crippen molar-refractivity contribution in [3.8, 4) is 0 Å². The molecule has 0 aromatic carbocycles. The number of nitrogens with one attached hydrogen (secondary N) is 1. The second kappa shape index (κ2) is 7.75. The second-order valence-corrected chi connectivity index (χ2v) is 7.43. The van der Waals surface area contributed by atoms with Crippen LogP contribution >= 0.6 is 0 Å². The summed E-state index contributed by atoms with van der Waals surface area (Å²) in [5.41, 5.74) is 7.28. The van der Waals surface area contributed by atoms with Crippen molar-refractivity contribution in [2.24, 2.45) is 5.92 Å². The Balaban J connectivity index is 1.54. The molecule has 4 N–H and O–H groups in total. The monoisotopic (exact) mass is 360 g/mol. The van der Waals surface area contributed by atoms with Crippen molar-refractivity contribution in [1.29, 1.82) is 0 Å². The van der Waals surface area contributed by atoms with E-state index in [0.29, 0.717) is 17.0 Å². The second-order valence-electron chi connectivity index (χ2n) is 7.43. The van der Waals surface area contributed by atoms with Gasteiger partial charge in [0.2, 0.25) is 5.95 Å². The maximum atomic E-state index is 9.38. The third-order valence-corrected chi connectivity index (χ3v) is 5.64. The SMILES string of the molecule is Nc1ncnc2c1nc(NCCC1CCCCC1)n2C1CCC(CO)O1. The van der Waals surface area contributed by atoms with E-state index in [1.807, 2.05) is 4.57 Å². The Bertz CT molecular complexity index is 743. The maximum absolute atomic E-state index is 9.38. The maximum Gasteiger partial charge on any atom is 0.207 e. The highest BCUT2D eigenvalue weighted by atomic mass is 16.5. The van der Waals surface area contributed by atoms with Crippen molar-refractivity contribution < 1.29 is 9.84 Å². The molecule has 4 rings (SSSR count). The Morgan fingerprint density at radius 2 is 2.04 bits per heavy atom. The number of hydrogen-bond donors (Lipinski definition) is 3. The first-order valence-corrected chi connectivity index (χ1v) is 9.75. The zero-order chi connectivity index (χ0) is 17.9. The van der Waals surface area contributed by atoms with E-state index in [1.165, 1.54) is 38.4 Å². The molecule has 8 heteroatoms. The Labute approximate surface area is 153 Å². The van der Waals surface area contributed by atoms with Crippen LogP contribution in [0.5, 0.6) is 0 Å². The average Bonchev–Trinajstić information content (AvgIpc) is 3.27. The van der Waals surface area contributed by atoms with E-state index in [2.05, 4.69) is 20.3 Å². The molecule has 2 unspecified atom stereocenters. The van der Waals surface area contributed by atoms with Crippen LogP contribution in [0.25, 0.3) is 11.2 Å². The normalized spacial score (nSPS) is 24.3. The lowest BCUT2D eigenvalue weighted by Crippen LogP contribution is -2.18. The summed E-state index contributed by atoms with van der Waals surface area (Å²) in [6, 6.07) is 0. The zero-order valence-electron chi connectivity index (χ0n) is 15.1. The number of imidazole rings is 1. The van der Waals surface area contributed by atoms with Crippen LogP contribution in [0.1, 0.15) is 57.6 Å². The predicted octanol–water partition coefficient (Wildman–Crippen LogP) is 2.46. The number of fused-ring (bicyclic) bond motifs is 1. The van der Waals surface area contributed by atoms with Crippen LogP contribution < -0.4 is 11.1 Å². The molecule has 1 saturated heterocycles. The van der Waals surface area contributed by atoms with Crippen molar-refractivity contribution in [2.45, 2.75) is 63.7 Å². The van der Waals surface area contributed by atoms with E-state index in [1.54, 1.807) is 0 Å². The minimum atomic E-state index is -0.191. The molecule has 3 heterocycles. The van der Waals surface area contributed by atoms with Crippen LogP contribution in [0, 0.1) is 5.92 Å². The van der Waals surface area contributed by atoms with Gasteiger partial charge in [0.15, 0.2) is 17.0 Å². The fourth-order valence-electron chi connectivity index (χ4n) is 4.20. The highest BCUT2D eigenvalue weighted by molar-refractivity contribution is 5.84. The number of nitrogen functional groups attached to an aromatic ring is 1. The molecule has 2 aliphatic rings. The summed E-state index contributed by atoms with van der Waals surface area (Å²) in [6.45, 7) is 0.905. The van der Waals surface area contributed by atoms with Gasteiger partial charge in [0.25, 0.3) is 0 Å². The molecule has 2 aromatic heterocycles. The fourth-order valence-corrected chi connectivity index (χ4v) is 4.20. The minimum Gasteiger partial charge on any atom is -0.394 e. The molecule has 26 heavy (non-hydrogen) atoms. The van der Waals surface area contributed by atoms with Crippen molar-refractivity contribution >= 4 is 22.9 Å². The highest BCUT2D eigenvalue weighted by Gasteiger charge is 2.30. The molecule has 2 fully saturated rings. The minimum absolute atomic E-state index is 0.0324. The van der Waals surface area contributed by atoms with Gasteiger partial charge in [0.1, 0.15) is 12.6 Å². The van der Waals surface area contributed by atoms with Gasteiger partial charge < -0.3 is 20.9 Å². The van der Waals surface area contributed by atoms with Gasteiger partial charge in [-0.15, -0.1) is 0 Å². The van der Waals surface area contributed by atoms with Crippen molar-refractivity contribution in [2.75, 3.05) is 24.2 Å². The standard InChI is InChI=1S/C18H28N6O2/c19-16-15-17(22-11-21-16)24(14-7-6-13(10-25)26-14)18(23-15)20-9-8-12-4-2-1-3-5-12/h11-14,25H,1-10H2,(H,20,23)(H2,19,21,22). The van der Waals surface area contributed by atoms with E-state index in [9.17, 15) is 5.11 Å². The van der Waals surface area contributed by atoms with E-state index < -0.39 is 0 Å². The van der Waals surface area contributed by atoms with Gasteiger partial charge in [-0.25, -0.2) is 15.0 Å². The topological polar surface area (TPSA) is 111 Å². The van der Waals surface area contributed by atoms with Crippen LogP contribution in [-0.4, -0.2) is 43.9 Å². The van der Waals surface area contributed by atoms with Crippen LogP contribution in [0.4, 0.5) is 11.8 Å². The van der Waals surface area contributed by atoms with Crippen molar-refractivity contribution in [3.05, 3.63) is 6.33 Å². The van der Waals surface area contributed by atoms with Crippen LogP contribution in [0.3, 0.4) is 0 Å². The summed E-state index contributed by atoms with van der Waals surface area (Å²) in [4.78, 5) is 13.1. The van der Waals surface area contributed by atoms with Gasteiger partial charge in [-0.1, -0.05) is 32.1 Å². The Morgan fingerprint density at radius 3 is 2.81 bits per heavy atom. The molecular formula is C18H28N6O2. The van der Waals surface area contributed by atoms with E-state index in [4.69, 9.17) is 10.5 Å². The molecule has 142 valence electrons. The smallest absolute Gasteiger partial charge is 0.207 e. The lowest BCUT2D eigenvalue weighted by molar-refractivity contribution is -0.0197. The molecule has 1 aliphatic heterocycles. The van der Waals surface area contributed by atoms with Gasteiger partial charge in [0.05, 0.1) is 12.7 Å². The molecule has 0 spiro atoms. The molecule has 2 atom stereocenters. The lowest BCUT2D eigenvalue weighted by atomic mass is 9.87. The predicted molar refractivity (Wildman–Crippen MR) is 99.6 cm³/mol. The molecule has 0 radical (unpaired) electrons. The zero-order valence-corrected chi connectivity index (χ0v) is 15.1. The average molecular weight is 360 g/mol. The van der Waals surface area contributed by atoms with Gasteiger partial charge in [-0.2, -0.15) is 0 Å². The first-order valence-electron chi connectivity index (χ1n) is 9.75. The number of rotatable bonds is 6. The number of aliphatic hydroxyl groups is 1. The summed E-state index contributed by atoms with van der Waals surface area (Å²) < 4.78 is 7.95. The summed E-state index contributed by atoms with van der Waals surface area (Å²) in [6.07, 6.45) is 10.7. The number of hydrogen-bond acceptors (Lipinski definition) is 7. The van der Waals surface area contributed by atoms with Crippen LogP contribution in [0.15, 0.2) is 6.33 Å². The molecular weight excluding hydrogens is 332 g/mol. The van der Waals surface area contributed by atoms with Crippen LogP contribution in [-0.2, 0) is 4.74 Å². The molecule has 0 amide bonds. The largest absolute Gasteiger partial charge is 0.394 e. The number of ether oxygens (including phenoxy) is 1. The Kier molecular flexibility index (Phi) is 5.21. The van der Waals surface area contributed by atoms with E-state index >= 15 is 0 Å². The fraction of sp³-hybridized carbons (Fsp3) is 0.722. The molecule has 2 aromatic rings. The van der Waals surface area contributed by atoms with Crippen molar-refractivity contribution in [3.63, 3.8) is 0 Å². The summed E-state index contributed by atoms with van der Waals surface area (Å²) in [7, 11) is 0. The number of aliphatic hydroxyl groups excluding tert-OH is 1. The Morgan fingerprint density at radius 1 is 1.19 bits per heavy atom. The molecule has 1 saturated carbocycles. The van der Waals surface area contributed by atoms with Gasteiger partial charge >= 0.3 is 0 Å². The lowest BCUT2D eigenvalue weighted by Gasteiger charge is -2.22. The third-order valence-electron chi connectivity index (χ3n) is 5.64. The van der Waals surface area contributed by atoms with E-state index in [0.717, 1.165) is 37.7 Å². The first-order chi connectivity index (χ1) is 12.8. The van der Waals surface area contributed by atoms with Gasteiger partial charge in [0, 0.05) is 6.54 Å². The first kappa shape index (κ1) is 17.5. The summed E-state index contributed by atoms with van der Waals surface area (Å²) in [5.74, 6) is 1.91. The summed E-state index contributed by atoms with van der Waals surface area (Å²) >= 11 is 0. The van der Waals surface area contributed by atoms with Crippen LogP contribution in [0.2, 0.25) is 0 Å². The quantitative estimate of drug-likeness (QED) is 0.725. The number of aromatic nitrogens is 4. The highest BCUT2D eigenvalue weighted by Crippen LogP contribution is 2.34. The van der Waals surface area contributed by atoms with Gasteiger partial charge in [-0.05, 0) is 25.2 Å². The number of anilines is 2. The molecule has 1 aliphatic carbocycles. The molecule has 0 bridgehead atoms. The molecule has 8 nitrogen and oxygen atoms in total. The van der Waals surface area contributed by atoms with E-state index in [-0.39, 0.29) is 18.9 Å². The number of nitrogens with two attached hydrogens (primary N) is 1. The third kappa shape index (κ3) is 3.48. The number of nitrogens with zero attached hydrogens (tertiary/aromatic N) is 4. The summed E-state index contributed by atoms with van der Waals surface area (Å²) in [5, 5.41) is 12.9. The Hall–Kier alpha value is -1.93.